The highest BCUT2D eigenvalue weighted by Gasteiger charge is 2.09. The van der Waals surface area contributed by atoms with E-state index in [9.17, 15) is 0 Å². The van der Waals surface area contributed by atoms with Crippen molar-refractivity contribution in [2.75, 3.05) is 0 Å². The average Bonchev–Trinajstić information content (AvgIpc) is 2.65. The van der Waals surface area contributed by atoms with Crippen molar-refractivity contribution in [2.45, 2.75) is 0 Å². The Labute approximate surface area is 82.9 Å². The van der Waals surface area contributed by atoms with Crippen molar-refractivity contribution < 1.29 is 0 Å². The molecule has 0 aromatic heterocycles. The number of benzene rings is 2. The number of rotatable bonds is 0. The SMILES string of the molecule is C#Cc1ccc2c3c(cccc13)C=C2. The molecule has 2 aromatic rings. The van der Waals surface area contributed by atoms with E-state index in [-0.39, 0.29) is 0 Å². The molecule has 0 radical (unpaired) electrons. The van der Waals surface area contributed by atoms with Crippen LogP contribution in [0.1, 0.15) is 16.7 Å². The predicted octanol–water partition coefficient (Wildman–Crippen LogP) is 3.30. The highest BCUT2D eigenvalue weighted by Crippen LogP contribution is 2.32. The summed E-state index contributed by atoms with van der Waals surface area (Å²) in [6, 6.07) is 10.4. The van der Waals surface area contributed by atoms with Gasteiger partial charge in [0.05, 0.1) is 0 Å². The van der Waals surface area contributed by atoms with Gasteiger partial charge < -0.3 is 0 Å². The van der Waals surface area contributed by atoms with E-state index in [1.54, 1.807) is 0 Å². The fraction of sp³-hybridized carbons (Fsp3) is 0. The van der Waals surface area contributed by atoms with Gasteiger partial charge in [-0.1, -0.05) is 42.3 Å². The van der Waals surface area contributed by atoms with Gasteiger partial charge in [-0.3, -0.25) is 0 Å². The molecule has 0 heteroatoms. The molecule has 14 heavy (non-hydrogen) atoms. The Morgan fingerprint density at radius 2 is 1.71 bits per heavy atom. The minimum Gasteiger partial charge on any atom is -0.115 e. The first-order valence-electron chi connectivity index (χ1n) is 4.60. The smallest absolute Gasteiger partial charge is 0.0321 e. The van der Waals surface area contributed by atoms with Gasteiger partial charge in [0.15, 0.2) is 0 Å². The summed E-state index contributed by atoms with van der Waals surface area (Å²) in [5.74, 6) is 2.72. The first kappa shape index (κ1) is 7.41. The lowest BCUT2D eigenvalue weighted by Crippen LogP contribution is -1.82. The van der Waals surface area contributed by atoms with Crippen LogP contribution in [0.4, 0.5) is 0 Å². The zero-order valence-electron chi connectivity index (χ0n) is 7.62. The predicted molar refractivity (Wildman–Crippen MR) is 60.8 cm³/mol. The van der Waals surface area contributed by atoms with Crippen molar-refractivity contribution in [3.05, 3.63) is 47.0 Å². The molecule has 0 heterocycles. The zero-order chi connectivity index (χ0) is 9.54. The maximum atomic E-state index is 5.47. The van der Waals surface area contributed by atoms with Crippen molar-refractivity contribution in [3.63, 3.8) is 0 Å². The molecule has 0 saturated carbocycles. The summed E-state index contributed by atoms with van der Waals surface area (Å²) in [7, 11) is 0. The lowest BCUT2D eigenvalue weighted by Gasteiger charge is -2.03. The molecule has 1 aliphatic carbocycles. The molecular formula is C14H8. The lowest BCUT2D eigenvalue weighted by atomic mass is 10.00. The van der Waals surface area contributed by atoms with Crippen LogP contribution in [-0.4, -0.2) is 0 Å². The minimum atomic E-state index is 0.981. The Morgan fingerprint density at radius 3 is 2.50 bits per heavy atom. The topological polar surface area (TPSA) is 0 Å². The van der Waals surface area contributed by atoms with Gasteiger partial charge >= 0.3 is 0 Å². The van der Waals surface area contributed by atoms with E-state index < -0.39 is 0 Å². The van der Waals surface area contributed by atoms with Gasteiger partial charge in [-0.05, 0) is 28.0 Å². The maximum Gasteiger partial charge on any atom is 0.0321 e. The Balaban J connectivity index is 2.59. The van der Waals surface area contributed by atoms with Gasteiger partial charge in [0.25, 0.3) is 0 Å². The Morgan fingerprint density at radius 1 is 0.929 bits per heavy atom. The van der Waals surface area contributed by atoms with E-state index in [1.807, 2.05) is 6.07 Å². The molecule has 0 unspecified atom stereocenters. The molecule has 0 atom stereocenters. The van der Waals surface area contributed by atoms with Crippen molar-refractivity contribution in [2.24, 2.45) is 0 Å². The summed E-state index contributed by atoms with van der Waals surface area (Å²) in [6.07, 6.45) is 9.74. The van der Waals surface area contributed by atoms with E-state index in [2.05, 4.69) is 42.3 Å². The van der Waals surface area contributed by atoms with Crippen LogP contribution in [0.5, 0.6) is 0 Å². The Hall–Kier alpha value is -2.00. The summed E-state index contributed by atoms with van der Waals surface area (Å²) in [6.45, 7) is 0. The molecule has 0 N–H and O–H groups in total. The van der Waals surface area contributed by atoms with E-state index in [1.165, 1.54) is 21.9 Å². The van der Waals surface area contributed by atoms with Gasteiger partial charge in [0.1, 0.15) is 0 Å². The number of hydrogen-bond acceptors (Lipinski definition) is 0. The van der Waals surface area contributed by atoms with Crippen molar-refractivity contribution >= 4 is 22.9 Å². The van der Waals surface area contributed by atoms with Gasteiger partial charge in [0, 0.05) is 5.56 Å². The molecule has 0 nitrogen and oxygen atoms in total. The summed E-state index contributed by atoms with van der Waals surface area (Å²) >= 11 is 0. The third-order valence-electron chi connectivity index (χ3n) is 2.70. The highest BCUT2D eigenvalue weighted by molar-refractivity contribution is 6.06. The van der Waals surface area contributed by atoms with E-state index in [0.717, 1.165) is 5.56 Å². The van der Waals surface area contributed by atoms with Crippen LogP contribution >= 0.6 is 0 Å². The molecule has 0 amide bonds. The van der Waals surface area contributed by atoms with Crippen LogP contribution in [-0.2, 0) is 0 Å². The Kier molecular flexibility index (Phi) is 1.32. The summed E-state index contributed by atoms with van der Waals surface area (Å²) in [5, 5.41) is 2.48. The second kappa shape index (κ2) is 2.49. The van der Waals surface area contributed by atoms with Crippen LogP contribution < -0.4 is 0 Å². The molecule has 1 aliphatic rings. The summed E-state index contributed by atoms with van der Waals surface area (Å²) in [4.78, 5) is 0. The van der Waals surface area contributed by atoms with Gasteiger partial charge in [0.2, 0.25) is 0 Å². The molecule has 0 spiro atoms. The maximum absolute atomic E-state index is 5.47. The quantitative estimate of drug-likeness (QED) is 0.461. The monoisotopic (exact) mass is 176 g/mol. The third-order valence-corrected chi connectivity index (χ3v) is 2.70. The fourth-order valence-corrected chi connectivity index (χ4v) is 2.05. The number of hydrogen-bond donors (Lipinski definition) is 0. The van der Waals surface area contributed by atoms with Crippen molar-refractivity contribution in [1.82, 2.24) is 0 Å². The molecule has 0 saturated heterocycles. The molecule has 0 aliphatic heterocycles. The van der Waals surface area contributed by atoms with E-state index in [0.29, 0.717) is 0 Å². The van der Waals surface area contributed by atoms with Crippen LogP contribution in [0.2, 0.25) is 0 Å². The zero-order valence-corrected chi connectivity index (χ0v) is 7.62. The van der Waals surface area contributed by atoms with Crippen LogP contribution in [0.3, 0.4) is 0 Å². The second-order valence-corrected chi connectivity index (χ2v) is 3.45. The number of terminal acetylenes is 1. The minimum absolute atomic E-state index is 0.981. The fourth-order valence-electron chi connectivity index (χ4n) is 2.05. The summed E-state index contributed by atoms with van der Waals surface area (Å²) < 4.78 is 0. The van der Waals surface area contributed by atoms with Crippen molar-refractivity contribution in [1.29, 1.82) is 0 Å². The molecule has 3 rings (SSSR count). The van der Waals surface area contributed by atoms with Gasteiger partial charge in [-0.15, -0.1) is 6.42 Å². The second-order valence-electron chi connectivity index (χ2n) is 3.45. The molecule has 0 fully saturated rings. The summed E-state index contributed by atoms with van der Waals surface area (Å²) in [5.41, 5.74) is 3.53. The van der Waals surface area contributed by atoms with Crippen LogP contribution in [0, 0.1) is 12.3 Å². The third kappa shape index (κ3) is 0.791. The first-order chi connectivity index (χ1) is 6.90. The largest absolute Gasteiger partial charge is 0.115 e. The normalized spacial score (nSPS) is 11.9. The molecule has 0 bridgehead atoms. The van der Waals surface area contributed by atoms with E-state index >= 15 is 0 Å². The van der Waals surface area contributed by atoms with Crippen LogP contribution in [0.15, 0.2) is 30.3 Å². The highest BCUT2D eigenvalue weighted by atomic mass is 14.1. The van der Waals surface area contributed by atoms with E-state index in [4.69, 9.17) is 6.42 Å². The standard InChI is InChI=1S/C14H8/c1-2-10-6-7-12-9-8-11-4-3-5-13(10)14(11)12/h1,3-9H. The van der Waals surface area contributed by atoms with Crippen LogP contribution in [0.25, 0.3) is 22.9 Å². The van der Waals surface area contributed by atoms with Gasteiger partial charge in [-0.25, -0.2) is 0 Å². The Bertz CT molecular complexity index is 583. The van der Waals surface area contributed by atoms with Gasteiger partial charge in [-0.2, -0.15) is 0 Å². The average molecular weight is 176 g/mol. The first-order valence-corrected chi connectivity index (χ1v) is 4.60. The molecule has 64 valence electrons. The molecular weight excluding hydrogens is 168 g/mol. The van der Waals surface area contributed by atoms with Crippen molar-refractivity contribution in [3.8, 4) is 12.3 Å². The lowest BCUT2D eigenvalue weighted by molar-refractivity contribution is 1.68. The molecule has 2 aromatic carbocycles.